The molecule has 0 amide bonds. The summed E-state index contributed by atoms with van der Waals surface area (Å²) in [5, 5.41) is 11.2. The highest BCUT2D eigenvalue weighted by Gasteiger charge is 2.14. The van der Waals surface area contributed by atoms with Gasteiger partial charge in [-0.25, -0.2) is 0 Å². The molecule has 94 valence electrons. The van der Waals surface area contributed by atoms with Gasteiger partial charge < -0.3 is 10.2 Å². The average molecular weight is 235 g/mol. The molecule has 1 saturated heterocycles. The van der Waals surface area contributed by atoms with E-state index in [2.05, 4.69) is 39.2 Å². The molecule has 1 aliphatic rings. The first-order valence-electron chi connectivity index (χ1n) is 6.44. The topological polar surface area (TPSA) is 53.9 Å². The van der Waals surface area contributed by atoms with E-state index in [-0.39, 0.29) is 0 Å². The molecule has 5 heteroatoms. The number of rotatable bonds is 5. The van der Waals surface area contributed by atoms with Crippen LogP contribution in [0.15, 0.2) is 6.20 Å². The molecule has 1 aromatic heterocycles. The van der Waals surface area contributed by atoms with E-state index < -0.39 is 0 Å². The minimum Gasteiger partial charge on any atom is -0.355 e. The van der Waals surface area contributed by atoms with Crippen molar-refractivity contribution in [2.45, 2.75) is 33.1 Å². The van der Waals surface area contributed by atoms with Gasteiger partial charge >= 0.3 is 0 Å². The summed E-state index contributed by atoms with van der Waals surface area (Å²) in [7, 11) is 0. The number of anilines is 2. The monoisotopic (exact) mass is 235 g/mol. The zero-order chi connectivity index (χ0) is 12.1. The molecule has 2 heterocycles. The van der Waals surface area contributed by atoms with Crippen LogP contribution in [0.3, 0.4) is 0 Å². The number of aromatic nitrogens is 3. The van der Waals surface area contributed by atoms with Gasteiger partial charge in [0.15, 0.2) is 5.82 Å². The summed E-state index contributed by atoms with van der Waals surface area (Å²) < 4.78 is 0. The van der Waals surface area contributed by atoms with Crippen LogP contribution in [0, 0.1) is 5.92 Å². The molecule has 0 unspecified atom stereocenters. The summed E-state index contributed by atoms with van der Waals surface area (Å²) in [6.45, 7) is 7.50. The van der Waals surface area contributed by atoms with Crippen LogP contribution in [0.2, 0.25) is 0 Å². The standard InChI is InChI=1S/C12H21N5/c1-10(2)5-6-13-12-15-11(9-14-16-12)17-7-3-4-8-17/h9-10H,3-8H2,1-2H3,(H,13,15,16). The molecule has 1 N–H and O–H groups in total. The van der Waals surface area contributed by atoms with Crippen molar-refractivity contribution in [1.82, 2.24) is 15.2 Å². The number of nitrogens with zero attached hydrogens (tertiary/aromatic N) is 4. The van der Waals surface area contributed by atoms with E-state index in [1.807, 2.05) is 0 Å². The number of hydrogen-bond donors (Lipinski definition) is 1. The molecule has 0 aliphatic carbocycles. The van der Waals surface area contributed by atoms with E-state index in [0.29, 0.717) is 11.9 Å². The fourth-order valence-electron chi connectivity index (χ4n) is 1.94. The van der Waals surface area contributed by atoms with Crippen molar-refractivity contribution in [3.63, 3.8) is 0 Å². The quantitative estimate of drug-likeness (QED) is 0.845. The lowest BCUT2D eigenvalue weighted by molar-refractivity contribution is 0.605. The van der Waals surface area contributed by atoms with Gasteiger partial charge in [0.2, 0.25) is 5.95 Å². The van der Waals surface area contributed by atoms with Crippen LogP contribution >= 0.6 is 0 Å². The predicted octanol–water partition coefficient (Wildman–Crippen LogP) is 1.93. The van der Waals surface area contributed by atoms with Crippen LogP contribution in [0.1, 0.15) is 33.1 Å². The Hall–Kier alpha value is -1.39. The Morgan fingerprint density at radius 2 is 2.12 bits per heavy atom. The normalized spacial score (nSPS) is 15.6. The maximum atomic E-state index is 4.49. The molecule has 1 aromatic rings. The molecule has 0 aromatic carbocycles. The summed E-state index contributed by atoms with van der Waals surface area (Å²) in [5.74, 6) is 2.29. The van der Waals surface area contributed by atoms with Crippen molar-refractivity contribution in [1.29, 1.82) is 0 Å². The predicted molar refractivity (Wildman–Crippen MR) is 69.2 cm³/mol. The molecule has 0 spiro atoms. The van der Waals surface area contributed by atoms with Crippen LogP contribution in [-0.4, -0.2) is 34.8 Å². The van der Waals surface area contributed by atoms with Crippen LogP contribution in [0.5, 0.6) is 0 Å². The molecular weight excluding hydrogens is 214 g/mol. The highest BCUT2D eigenvalue weighted by Crippen LogP contribution is 2.17. The number of hydrogen-bond acceptors (Lipinski definition) is 5. The largest absolute Gasteiger partial charge is 0.355 e. The van der Waals surface area contributed by atoms with Crippen LogP contribution in [-0.2, 0) is 0 Å². The van der Waals surface area contributed by atoms with E-state index in [1.165, 1.54) is 12.8 Å². The molecule has 1 fully saturated rings. The number of nitrogens with one attached hydrogen (secondary N) is 1. The average Bonchev–Trinajstić information content (AvgIpc) is 2.82. The second-order valence-corrected chi connectivity index (χ2v) is 4.94. The fraction of sp³-hybridized carbons (Fsp3) is 0.750. The third-order valence-electron chi connectivity index (χ3n) is 2.98. The first-order chi connectivity index (χ1) is 8.25. The smallest absolute Gasteiger partial charge is 0.244 e. The molecule has 0 radical (unpaired) electrons. The Morgan fingerprint density at radius 1 is 1.35 bits per heavy atom. The molecule has 17 heavy (non-hydrogen) atoms. The lowest BCUT2D eigenvalue weighted by Crippen LogP contribution is -2.20. The van der Waals surface area contributed by atoms with E-state index in [1.54, 1.807) is 6.20 Å². The summed E-state index contributed by atoms with van der Waals surface area (Å²) in [5.41, 5.74) is 0. The summed E-state index contributed by atoms with van der Waals surface area (Å²) in [4.78, 5) is 6.76. The van der Waals surface area contributed by atoms with Crippen molar-refractivity contribution >= 4 is 11.8 Å². The van der Waals surface area contributed by atoms with Gasteiger partial charge in [0, 0.05) is 19.6 Å². The first-order valence-corrected chi connectivity index (χ1v) is 6.44. The van der Waals surface area contributed by atoms with Gasteiger partial charge in [-0.2, -0.15) is 10.1 Å². The van der Waals surface area contributed by atoms with Gasteiger partial charge in [-0.3, -0.25) is 0 Å². The van der Waals surface area contributed by atoms with E-state index in [4.69, 9.17) is 0 Å². The van der Waals surface area contributed by atoms with Crippen LogP contribution < -0.4 is 10.2 Å². The van der Waals surface area contributed by atoms with E-state index in [9.17, 15) is 0 Å². The van der Waals surface area contributed by atoms with Crippen LogP contribution in [0.25, 0.3) is 0 Å². The summed E-state index contributed by atoms with van der Waals surface area (Å²) >= 11 is 0. The lowest BCUT2D eigenvalue weighted by Gasteiger charge is -2.16. The highest BCUT2D eigenvalue weighted by atomic mass is 15.3. The van der Waals surface area contributed by atoms with E-state index >= 15 is 0 Å². The molecule has 2 rings (SSSR count). The van der Waals surface area contributed by atoms with E-state index in [0.717, 1.165) is 31.9 Å². The Balaban J connectivity index is 1.91. The van der Waals surface area contributed by atoms with Crippen LogP contribution in [0.4, 0.5) is 11.8 Å². The molecule has 0 atom stereocenters. The van der Waals surface area contributed by atoms with Crippen molar-refractivity contribution in [3.8, 4) is 0 Å². The molecule has 1 aliphatic heterocycles. The Bertz CT molecular complexity index is 347. The molecular formula is C12H21N5. The zero-order valence-electron chi connectivity index (χ0n) is 10.7. The first kappa shape index (κ1) is 12.1. The van der Waals surface area contributed by atoms with Gasteiger partial charge in [0.1, 0.15) is 0 Å². The van der Waals surface area contributed by atoms with Crippen molar-refractivity contribution in [3.05, 3.63) is 6.20 Å². The Kier molecular flexibility index (Phi) is 4.12. The molecule has 0 saturated carbocycles. The lowest BCUT2D eigenvalue weighted by atomic mass is 10.1. The van der Waals surface area contributed by atoms with Gasteiger partial charge in [-0.15, -0.1) is 5.10 Å². The third kappa shape index (κ3) is 3.54. The minimum atomic E-state index is 0.648. The fourth-order valence-corrected chi connectivity index (χ4v) is 1.94. The molecule has 5 nitrogen and oxygen atoms in total. The van der Waals surface area contributed by atoms with Gasteiger partial charge in [-0.1, -0.05) is 13.8 Å². The van der Waals surface area contributed by atoms with Gasteiger partial charge in [-0.05, 0) is 25.2 Å². The maximum absolute atomic E-state index is 4.49. The maximum Gasteiger partial charge on any atom is 0.244 e. The van der Waals surface area contributed by atoms with Crippen molar-refractivity contribution in [2.24, 2.45) is 5.92 Å². The van der Waals surface area contributed by atoms with Gasteiger partial charge in [0.25, 0.3) is 0 Å². The third-order valence-corrected chi connectivity index (χ3v) is 2.98. The SMILES string of the molecule is CC(C)CCNc1nncc(N2CCCC2)n1. The minimum absolute atomic E-state index is 0.648. The zero-order valence-corrected chi connectivity index (χ0v) is 10.7. The Labute approximate surface area is 103 Å². The van der Waals surface area contributed by atoms with Crippen molar-refractivity contribution < 1.29 is 0 Å². The second kappa shape index (κ2) is 5.80. The van der Waals surface area contributed by atoms with Crippen molar-refractivity contribution in [2.75, 3.05) is 29.9 Å². The molecule has 0 bridgehead atoms. The highest BCUT2D eigenvalue weighted by molar-refractivity contribution is 5.40. The summed E-state index contributed by atoms with van der Waals surface area (Å²) in [6.07, 6.45) is 5.37. The van der Waals surface area contributed by atoms with Gasteiger partial charge in [0.05, 0.1) is 6.20 Å². The summed E-state index contributed by atoms with van der Waals surface area (Å²) in [6, 6.07) is 0. The second-order valence-electron chi connectivity index (χ2n) is 4.94. The Morgan fingerprint density at radius 3 is 2.82 bits per heavy atom.